The normalized spacial score (nSPS) is 25.4. The van der Waals surface area contributed by atoms with Crippen molar-refractivity contribution in [3.05, 3.63) is 0 Å². The van der Waals surface area contributed by atoms with Crippen molar-refractivity contribution in [1.29, 1.82) is 0 Å². The van der Waals surface area contributed by atoms with Gasteiger partial charge < -0.3 is 15.3 Å². The van der Waals surface area contributed by atoms with E-state index in [1.807, 2.05) is 6.92 Å². The van der Waals surface area contributed by atoms with Gasteiger partial charge in [-0.2, -0.15) is 0 Å². The molecular formula is C10H18N2O2. The number of nitrogens with one attached hydrogen (secondary N) is 1. The third-order valence-corrected chi connectivity index (χ3v) is 3.31. The van der Waals surface area contributed by atoms with Crippen molar-refractivity contribution in [2.75, 3.05) is 26.2 Å². The Kier molecular flexibility index (Phi) is 2.49. The lowest BCUT2D eigenvalue weighted by atomic mass is 9.89. The van der Waals surface area contributed by atoms with Gasteiger partial charge in [0.2, 0.25) is 5.91 Å². The number of amides is 1. The van der Waals surface area contributed by atoms with Crippen molar-refractivity contribution in [2.45, 2.75) is 25.4 Å². The van der Waals surface area contributed by atoms with Crippen molar-refractivity contribution in [3.8, 4) is 0 Å². The predicted octanol–water partition coefficient (Wildman–Crippen LogP) is -0.421. The second-order valence-electron chi connectivity index (χ2n) is 4.56. The van der Waals surface area contributed by atoms with E-state index in [9.17, 15) is 9.90 Å². The Morgan fingerprint density at radius 2 is 2.21 bits per heavy atom. The van der Waals surface area contributed by atoms with Crippen LogP contribution >= 0.6 is 0 Å². The molecule has 2 aliphatic rings. The summed E-state index contributed by atoms with van der Waals surface area (Å²) in [4.78, 5) is 13.4. The van der Waals surface area contributed by atoms with Crippen molar-refractivity contribution in [1.82, 2.24) is 10.2 Å². The minimum atomic E-state index is -0.590. The van der Waals surface area contributed by atoms with Crippen LogP contribution in [0.2, 0.25) is 0 Å². The molecule has 2 fully saturated rings. The molecule has 0 radical (unpaired) electrons. The second-order valence-corrected chi connectivity index (χ2v) is 4.56. The van der Waals surface area contributed by atoms with E-state index in [4.69, 9.17) is 0 Å². The van der Waals surface area contributed by atoms with Crippen LogP contribution in [-0.2, 0) is 4.79 Å². The summed E-state index contributed by atoms with van der Waals surface area (Å²) in [6.45, 7) is 4.96. The van der Waals surface area contributed by atoms with E-state index in [0.29, 0.717) is 25.4 Å². The van der Waals surface area contributed by atoms with Crippen LogP contribution < -0.4 is 5.32 Å². The molecule has 14 heavy (non-hydrogen) atoms. The molecule has 0 unspecified atom stereocenters. The molecule has 0 aliphatic carbocycles. The number of nitrogens with zero attached hydrogens (tertiary/aromatic N) is 1. The Labute approximate surface area is 84.3 Å². The topological polar surface area (TPSA) is 52.6 Å². The van der Waals surface area contributed by atoms with Crippen LogP contribution in [0.15, 0.2) is 0 Å². The van der Waals surface area contributed by atoms with E-state index in [-0.39, 0.29) is 5.91 Å². The third kappa shape index (κ3) is 1.77. The highest BCUT2D eigenvalue weighted by Crippen LogP contribution is 2.25. The maximum atomic E-state index is 11.6. The van der Waals surface area contributed by atoms with Crippen LogP contribution in [0.5, 0.6) is 0 Å². The average Bonchev–Trinajstić information content (AvgIpc) is 2.05. The lowest BCUT2D eigenvalue weighted by molar-refractivity contribution is -0.157. The zero-order valence-electron chi connectivity index (χ0n) is 8.62. The SMILES string of the molecule is CCC1(O)CN(C(=O)CC2CNC2)C1. The number of β-amino-alcohol motifs (C(OH)–C–C–N with tert-alkyl or cyclic N) is 1. The van der Waals surface area contributed by atoms with E-state index in [1.54, 1.807) is 4.90 Å². The number of hydrogen-bond acceptors (Lipinski definition) is 3. The molecule has 4 nitrogen and oxygen atoms in total. The summed E-state index contributed by atoms with van der Waals surface area (Å²) in [5, 5.41) is 12.9. The van der Waals surface area contributed by atoms with E-state index in [2.05, 4.69) is 5.32 Å². The zero-order valence-corrected chi connectivity index (χ0v) is 8.62. The monoisotopic (exact) mass is 198 g/mol. The van der Waals surface area contributed by atoms with E-state index in [1.165, 1.54) is 0 Å². The highest BCUT2D eigenvalue weighted by molar-refractivity contribution is 5.77. The number of carbonyl (C=O) groups excluding carboxylic acids is 1. The van der Waals surface area contributed by atoms with Crippen LogP contribution in [-0.4, -0.2) is 47.7 Å². The van der Waals surface area contributed by atoms with Gasteiger partial charge in [0.1, 0.15) is 0 Å². The Balaban J connectivity index is 1.73. The molecule has 2 N–H and O–H groups in total. The summed E-state index contributed by atoms with van der Waals surface area (Å²) in [7, 11) is 0. The number of hydrogen-bond donors (Lipinski definition) is 2. The van der Waals surface area contributed by atoms with Gasteiger partial charge in [0, 0.05) is 6.42 Å². The van der Waals surface area contributed by atoms with Crippen molar-refractivity contribution in [2.24, 2.45) is 5.92 Å². The van der Waals surface area contributed by atoms with Crippen molar-refractivity contribution in [3.63, 3.8) is 0 Å². The first kappa shape index (κ1) is 9.93. The van der Waals surface area contributed by atoms with Gasteiger partial charge in [-0.3, -0.25) is 4.79 Å². The molecule has 0 saturated carbocycles. The number of carbonyl (C=O) groups is 1. The first-order chi connectivity index (χ1) is 6.63. The molecule has 0 aromatic heterocycles. The Morgan fingerprint density at radius 1 is 1.57 bits per heavy atom. The summed E-state index contributed by atoms with van der Waals surface area (Å²) < 4.78 is 0. The predicted molar refractivity (Wildman–Crippen MR) is 52.8 cm³/mol. The standard InChI is InChI=1S/C10H18N2O2/c1-2-10(14)6-12(7-10)9(13)3-8-4-11-5-8/h8,11,14H,2-7H2,1H3. The summed E-state index contributed by atoms with van der Waals surface area (Å²) in [6, 6.07) is 0. The molecular weight excluding hydrogens is 180 g/mol. The first-order valence-electron chi connectivity index (χ1n) is 5.34. The van der Waals surface area contributed by atoms with E-state index >= 15 is 0 Å². The van der Waals surface area contributed by atoms with Crippen LogP contribution in [0.25, 0.3) is 0 Å². The van der Waals surface area contributed by atoms with Gasteiger partial charge in [0.05, 0.1) is 18.7 Å². The van der Waals surface area contributed by atoms with Crippen molar-refractivity contribution < 1.29 is 9.90 Å². The van der Waals surface area contributed by atoms with Gasteiger partial charge in [0.15, 0.2) is 0 Å². The van der Waals surface area contributed by atoms with Gasteiger partial charge in [0.25, 0.3) is 0 Å². The van der Waals surface area contributed by atoms with Crippen LogP contribution in [0.3, 0.4) is 0 Å². The van der Waals surface area contributed by atoms with Crippen molar-refractivity contribution >= 4 is 5.91 Å². The quantitative estimate of drug-likeness (QED) is 0.647. The minimum Gasteiger partial charge on any atom is -0.386 e. The summed E-state index contributed by atoms with van der Waals surface area (Å²) in [6.07, 6.45) is 1.38. The maximum Gasteiger partial charge on any atom is 0.223 e. The van der Waals surface area contributed by atoms with Gasteiger partial charge in [-0.1, -0.05) is 6.92 Å². The smallest absolute Gasteiger partial charge is 0.223 e. The fourth-order valence-electron chi connectivity index (χ4n) is 1.93. The number of aliphatic hydroxyl groups is 1. The van der Waals surface area contributed by atoms with Gasteiger partial charge in [-0.05, 0) is 25.4 Å². The summed E-state index contributed by atoms with van der Waals surface area (Å²) in [5.41, 5.74) is -0.590. The van der Waals surface area contributed by atoms with E-state index < -0.39 is 5.60 Å². The minimum absolute atomic E-state index is 0.203. The molecule has 2 saturated heterocycles. The molecule has 80 valence electrons. The van der Waals surface area contributed by atoms with E-state index in [0.717, 1.165) is 19.5 Å². The lowest BCUT2D eigenvalue weighted by Crippen LogP contribution is -2.63. The molecule has 4 heteroatoms. The molecule has 2 heterocycles. The molecule has 2 aliphatic heterocycles. The van der Waals surface area contributed by atoms with Gasteiger partial charge >= 0.3 is 0 Å². The fraction of sp³-hybridized carbons (Fsp3) is 0.900. The first-order valence-corrected chi connectivity index (χ1v) is 5.34. The van der Waals surface area contributed by atoms with Crippen LogP contribution in [0.1, 0.15) is 19.8 Å². The average molecular weight is 198 g/mol. The summed E-state index contributed by atoms with van der Waals surface area (Å²) in [5.74, 6) is 0.729. The molecule has 0 atom stereocenters. The highest BCUT2D eigenvalue weighted by Gasteiger charge is 2.42. The molecule has 2 rings (SSSR count). The largest absolute Gasteiger partial charge is 0.386 e. The molecule has 0 bridgehead atoms. The molecule has 0 aromatic rings. The zero-order chi connectivity index (χ0) is 10.2. The highest BCUT2D eigenvalue weighted by atomic mass is 16.3. The molecule has 1 amide bonds. The molecule has 0 spiro atoms. The Hall–Kier alpha value is -0.610. The van der Waals surface area contributed by atoms with Gasteiger partial charge in [-0.25, -0.2) is 0 Å². The third-order valence-electron chi connectivity index (χ3n) is 3.31. The molecule has 0 aromatic carbocycles. The van der Waals surface area contributed by atoms with Crippen LogP contribution in [0, 0.1) is 5.92 Å². The Bertz CT molecular complexity index is 232. The number of rotatable bonds is 3. The lowest BCUT2D eigenvalue weighted by Gasteiger charge is -2.46. The van der Waals surface area contributed by atoms with Gasteiger partial charge in [-0.15, -0.1) is 0 Å². The fourth-order valence-corrected chi connectivity index (χ4v) is 1.93. The Morgan fingerprint density at radius 3 is 2.64 bits per heavy atom. The van der Waals surface area contributed by atoms with Crippen LogP contribution in [0.4, 0.5) is 0 Å². The summed E-state index contributed by atoms with van der Waals surface area (Å²) >= 11 is 0. The second kappa shape index (κ2) is 3.51. The maximum absolute atomic E-state index is 11.6. The number of likely N-dealkylation sites (tertiary alicyclic amines) is 1.